The fourth-order valence-corrected chi connectivity index (χ4v) is 10.0. The van der Waals surface area contributed by atoms with Crippen molar-refractivity contribution in [1.29, 1.82) is 0 Å². The summed E-state index contributed by atoms with van der Waals surface area (Å²) in [6.45, 7) is 5.42. The van der Waals surface area contributed by atoms with Crippen molar-refractivity contribution in [3.63, 3.8) is 0 Å². The van der Waals surface area contributed by atoms with Crippen LogP contribution in [0.1, 0.15) is 81.3 Å². The Morgan fingerprint density at radius 1 is 0.738 bits per heavy atom. The predicted molar refractivity (Wildman–Crippen MR) is 249 cm³/mol. The summed E-state index contributed by atoms with van der Waals surface area (Å²) in [7, 11) is 2.98. The third-order valence-electron chi connectivity index (χ3n) is 13.6. The van der Waals surface area contributed by atoms with Crippen molar-refractivity contribution in [2.45, 2.75) is 70.1 Å². The Balaban J connectivity index is 0.919. The molecule has 1 unspecified atom stereocenters. The Morgan fingerprint density at radius 3 is 1.95 bits per heavy atom. The highest BCUT2D eigenvalue weighted by Gasteiger charge is 2.43. The first-order chi connectivity index (χ1) is 31.6. The lowest BCUT2D eigenvalue weighted by Gasteiger charge is -2.29. The van der Waals surface area contributed by atoms with Crippen molar-refractivity contribution in [3.8, 4) is 11.1 Å². The lowest BCUT2D eigenvalue weighted by molar-refractivity contribution is -0.138. The van der Waals surface area contributed by atoms with Gasteiger partial charge in [-0.1, -0.05) is 80.6 Å². The zero-order valence-corrected chi connectivity index (χ0v) is 37.1. The second-order valence-corrected chi connectivity index (χ2v) is 18.3. The molecular weight excluding hydrogens is 821 g/mol. The Bertz CT molecular complexity index is 2960. The summed E-state index contributed by atoms with van der Waals surface area (Å²) in [6.07, 6.45) is 3.37. The van der Waals surface area contributed by atoms with E-state index >= 15 is 0 Å². The van der Waals surface area contributed by atoms with Crippen LogP contribution in [0.5, 0.6) is 0 Å². The van der Waals surface area contributed by atoms with Crippen LogP contribution in [-0.4, -0.2) is 93.5 Å². The van der Waals surface area contributed by atoms with Gasteiger partial charge in [-0.2, -0.15) is 0 Å². The highest BCUT2D eigenvalue weighted by molar-refractivity contribution is 6.07. The first-order valence-electron chi connectivity index (χ1n) is 22.7. The third-order valence-corrected chi connectivity index (χ3v) is 13.6. The molecule has 4 heterocycles. The second-order valence-electron chi connectivity index (χ2n) is 18.3. The molecule has 0 bridgehead atoms. The number of H-pyrrole nitrogens is 2. The lowest BCUT2D eigenvalue weighted by atomic mass is 9.98. The van der Waals surface area contributed by atoms with Crippen LogP contribution in [0.25, 0.3) is 54.7 Å². The number of rotatable bonds is 12. The number of likely N-dealkylation sites (tertiary alicyclic amines) is 2. The number of fused-ring (bicyclic) bond motifs is 6. The number of nitrogens with zero attached hydrogens (tertiary/aromatic N) is 4. The quantitative estimate of drug-likeness (QED) is 0.0950. The zero-order chi connectivity index (χ0) is 44.9. The smallest absolute Gasteiger partial charge is 0.407 e. The SMILES string of the molecule is COC[C@H]1C[C@@H](c2nc3ccc4cc(-c5ccc6c(ccc7nc([C@@H]8CCCN8C(=O)C(NC(=O)OC)C(C)C)[nH]c76)c5)ccc4c3[nH]2)N(C(=O)[C@H](NC(=O)C2CC2)c2ccccc2)C1. The number of aromatic nitrogens is 4. The van der Waals surface area contributed by atoms with E-state index in [0.29, 0.717) is 31.9 Å². The molecular formula is C51H54N8O6. The number of hydrogen-bond acceptors (Lipinski definition) is 8. The Hall–Kier alpha value is -6.80. The molecule has 4 amide bonds. The first kappa shape index (κ1) is 42.2. The van der Waals surface area contributed by atoms with Crippen LogP contribution < -0.4 is 10.6 Å². The van der Waals surface area contributed by atoms with Gasteiger partial charge >= 0.3 is 6.09 Å². The van der Waals surface area contributed by atoms with Gasteiger partial charge in [0, 0.05) is 42.8 Å². The summed E-state index contributed by atoms with van der Waals surface area (Å²) in [5.74, 6) is 1.05. The second kappa shape index (κ2) is 17.3. The molecule has 7 aromatic rings. The number of benzene rings is 5. The molecule has 65 heavy (non-hydrogen) atoms. The Morgan fingerprint density at radius 2 is 1.37 bits per heavy atom. The van der Waals surface area contributed by atoms with Crippen LogP contribution in [0.2, 0.25) is 0 Å². The third kappa shape index (κ3) is 8.04. The fourth-order valence-electron chi connectivity index (χ4n) is 10.0. The zero-order valence-electron chi connectivity index (χ0n) is 37.1. The number of carbonyl (C=O) groups is 4. The van der Waals surface area contributed by atoms with Crippen molar-refractivity contribution < 1.29 is 28.7 Å². The molecule has 3 aliphatic rings. The molecule has 10 rings (SSSR count). The van der Waals surface area contributed by atoms with E-state index in [0.717, 1.165) is 91.8 Å². The average molecular weight is 875 g/mol. The van der Waals surface area contributed by atoms with E-state index in [1.807, 2.05) is 66.1 Å². The van der Waals surface area contributed by atoms with Crippen molar-refractivity contribution >= 4 is 67.4 Å². The van der Waals surface area contributed by atoms with Gasteiger partial charge in [-0.3, -0.25) is 14.4 Å². The molecule has 5 atom stereocenters. The summed E-state index contributed by atoms with van der Waals surface area (Å²) >= 11 is 0. The topological polar surface area (TPSA) is 175 Å². The molecule has 14 heteroatoms. The summed E-state index contributed by atoms with van der Waals surface area (Å²) in [5.41, 5.74) is 6.38. The summed E-state index contributed by atoms with van der Waals surface area (Å²) in [6, 6.07) is 28.6. The van der Waals surface area contributed by atoms with E-state index in [9.17, 15) is 19.2 Å². The average Bonchev–Trinajstić information content (AvgIpc) is 3.65. The van der Waals surface area contributed by atoms with Crippen molar-refractivity contribution in [2.24, 2.45) is 17.8 Å². The highest BCUT2D eigenvalue weighted by Crippen LogP contribution is 2.40. The Kier molecular flexibility index (Phi) is 11.2. The molecule has 1 saturated carbocycles. The van der Waals surface area contributed by atoms with Gasteiger partial charge in [-0.15, -0.1) is 0 Å². The molecule has 3 fully saturated rings. The summed E-state index contributed by atoms with van der Waals surface area (Å²) < 4.78 is 10.4. The predicted octanol–water partition coefficient (Wildman–Crippen LogP) is 8.26. The molecule has 2 aromatic heterocycles. The largest absolute Gasteiger partial charge is 0.453 e. The van der Waals surface area contributed by atoms with Crippen LogP contribution in [0.3, 0.4) is 0 Å². The minimum atomic E-state index is -0.795. The number of aromatic amines is 2. The van der Waals surface area contributed by atoms with Gasteiger partial charge in [0.25, 0.3) is 0 Å². The molecule has 4 N–H and O–H groups in total. The van der Waals surface area contributed by atoms with Gasteiger partial charge in [0.05, 0.1) is 47.9 Å². The number of alkyl carbamates (subject to hydrolysis) is 1. The van der Waals surface area contributed by atoms with Crippen LogP contribution >= 0.6 is 0 Å². The number of hydrogen-bond donors (Lipinski definition) is 4. The van der Waals surface area contributed by atoms with E-state index in [1.165, 1.54) is 7.11 Å². The highest BCUT2D eigenvalue weighted by atomic mass is 16.5. The van der Waals surface area contributed by atoms with Crippen molar-refractivity contribution in [3.05, 3.63) is 108 Å². The number of amides is 4. The van der Waals surface area contributed by atoms with E-state index in [2.05, 4.69) is 69.1 Å². The fraction of sp³-hybridized carbons (Fsp3) is 0.373. The number of ether oxygens (including phenoxy) is 2. The minimum absolute atomic E-state index is 0.0323. The van der Waals surface area contributed by atoms with E-state index in [-0.39, 0.29) is 47.6 Å². The lowest BCUT2D eigenvalue weighted by Crippen LogP contribution is -2.51. The number of carbonyl (C=O) groups excluding carboxylic acids is 4. The van der Waals surface area contributed by atoms with Gasteiger partial charge in [-0.25, -0.2) is 14.8 Å². The van der Waals surface area contributed by atoms with Gasteiger partial charge in [0.2, 0.25) is 17.7 Å². The molecule has 2 saturated heterocycles. The monoisotopic (exact) mass is 874 g/mol. The van der Waals surface area contributed by atoms with Gasteiger partial charge in [-0.05, 0) is 89.8 Å². The van der Waals surface area contributed by atoms with Crippen molar-refractivity contribution in [1.82, 2.24) is 40.4 Å². The maximum Gasteiger partial charge on any atom is 0.407 e. The van der Waals surface area contributed by atoms with E-state index in [1.54, 1.807) is 7.11 Å². The van der Waals surface area contributed by atoms with E-state index < -0.39 is 18.2 Å². The normalized spacial score (nSPS) is 19.7. The summed E-state index contributed by atoms with van der Waals surface area (Å²) in [4.78, 5) is 74.5. The van der Waals surface area contributed by atoms with Gasteiger partial charge < -0.3 is 39.9 Å². The maximum absolute atomic E-state index is 14.6. The molecule has 2 aliphatic heterocycles. The van der Waals surface area contributed by atoms with Crippen LogP contribution in [0.4, 0.5) is 4.79 Å². The van der Waals surface area contributed by atoms with Gasteiger partial charge in [0.15, 0.2) is 0 Å². The number of nitrogens with one attached hydrogen (secondary N) is 4. The molecule has 5 aromatic carbocycles. The van der Waals surface area contributed by atoms with Crippen LogP contribution in [0.15, 0.2) is 91.0 Å². The van der Waals surface area contributed by atoms with Crippen LogP contribution in [-0.2, 0) is 23.9 Å². The van der Waals surface area contributed by atoms with E-state index in [4.69, 9.17) is 19.4 Å². The molecule has 0 spiro atoms. The van der Waals surface area contributed by atoms with Crippen molar-refractivity contribution in [2.75, 3.05) is 33.9 Å². The number of imidazole rings is 2. The summed E-state index contributed by atoms with van der Waals surface area (Å²) in [5, 5.41) is 9.99. The standard InChI is InChI=1S/C51H54N8O6/c1-28(2)42(57-51(63)65-4)49(61)58-22-8-11-40(58)46-52-38-20-16-34-24-32(14-18-36(34)44(38)54-46)33-15-19-37-35(25-33)17-21-39-45(37)55-47(53-39)41-23-29(27-64-3)26-59(41)50(62)43(30-9-6-5-7-10-30)56-48(60)31-12-13-31/h5-7,9-10,14-21,24-25,28-29,31,40-43H,8,11-13,22-23,26-27H2,1-4H3,(H,52,54)(H,53,55)(H,56,60)(H,57,63)/t29-,40-,41-,42?,43+/m0/s1. The number of methoxy groups -OCH3 is 2. The minimum Gasteiger partial charge on any atom is -0.453 e. The molecule has 334 valence electrons. The maximum atomic E-state index is 14.6. The Labute approximate surface area is 376 Å². The molecule has 1 aliphatic carbocycles. The first-order valence-corrected chi connectivity index (χ1v) is 22.7. The molecule has 14 nitrogen and oxygen atoms in total. The van der Waals surface area contributed by atoms with Gasteiger partial charge in [0.1, 0.15) is 23.7 Å². The molecule has 0 radical (unpaired) electrons. The van der Waals surface area contributed by atoms with Crippen LogP contribution in [0, 0.1) is 17.8 Å².